The molecule has 0 bridgehead atoms. The molecule has 0 saturated heterocycles. The van der Waals surface area contributed by atoms with Gasteiger partial charge in [-0.3, -0.25) is 0 Å². The number of hydrogen-bond acceptors (Lipinski definition) is 2. The van der Waals surface area contributed by atoms with Gasteiger partial charge >= 0.3 is 0 Å². The standard InChI is InChI=1S/C21H24OS/c1-17-10-12-20(13-11-17)23-21(15-18-7-3-2-4-8-18)16-19(21)9-5-6-14-22/h2-4,7-8,10-14,19H,5-6,9,15-16H2,1H3/t19-,21-/m0/s1. The van der Waals surface area contributed by atoms with Crippen LogP contribution >= 0.6 is 11.8 Å². The molecule has 2 atom stereocenters. The minimum absolute atomic E-state index is 0.319. The third-order valence-corrected chi connectivity index (χ3v) is 6.30. The number of benzene rings is 2. The quantitative estimate of drug-likeness (QED) is 0.474. The monoisotopic (exact) mass is 324 g/mol. The SMILES string of the molecule is Cc1ccc(S[C@@]2(Cc3ccccc3)C[C@@H]2CCCC=O)cc1. The van der Waals surface area contributed by atoms with Crippen LogP contribution in [0.4, 0.5) is 0 Å². The van der Waals surface area contributed by atoms with Gasteiger partial charge in [0, 0.05) is 16.1 Å². The molecule has 0 aliphatic heterocycles. The van der Waals surface area contributed by atoms with E-state index in [1.807, 2.05) is 11.8 Å². The van der Waals surface area contributed by atoms with Crippen LogP contribution in [0.2, 0.25) is 0 Å². The van der Waals surface area contributed by atoms with Crippen molar-refractivity contribution in [1.82, 2.24) is 0 Å². The molecule has 0 radical (unpaired) electrons. The van der Waals surface area contributed by atoms with E-state index in [9.17, 15) is 4.79 Å². The number of carbonyl (C=O) groups excluding carboxylic acids is 1. The molecule has 0 aromatic heterocycles. The second-order valence-electron chi connectivity index (χ2n) is 6.64. The van der Waals surface area contributed by atoms with E-state index < -0.39 is 0 Å². The summed E-state index contributed by atoms with van der Waals surface area (Å²) in [7, 11) is 0. The molecule has 1 aliphatic rings. The van der Waals surface area contributed by atoms with Gasteiger partial charge in [0.15, 0.2) is 0 Å². The normalized spacial score (nSPS) is 22.7. The van der Waals surface area contributed by atoms with E-state index in [2.05, 4.69) is 61.5 Å². The number of unbranched alkanes of at least 4 members (excludes halogenated alkanes) is 1. The summed E-state index contributed by atoms with van der Waals surface area (Å²) in [6.45, 7) is 2.13. The minimum atomic E-state index is 0.319. The molecule has 1 nitrogen and oxygen atoms in total. The van der Waals surface area contributed by atoms with Crippen molar-refractivity contribution in [3.05, 3.63) is 65.7 Å². The average molecular weight is 324 g/mol. The van der Waals surface area contributed by atoms with Crippen molar-refractivity contribution in [3.63, 3.8) is 0 Å². The summed E-state index contributed by atoms with van der Waals surface area (Å²) in [5.74, 6) is 0.731. The van der Waals surface area contributed by atoms with Crippen LogP contribution in [0.3, 0.4) is 0 Å². The van der Waals surface area contributed by atoms with Crippen LogP contribution in [0.15, 0.2) is 59.5 Å². The predicted molar refractivity (Wildman–Crippen MR) is 97.9 cm³/mol. The highest BCUT2D eigenvalue weighted by Gasteiger charge is 2.53. The van der Waals surface area contributed by atoms with Crippen LogP contribution < -0.4 is 0 Å². The molecule has 2 heteroatoms. The van der Waals surface area contributed by atoms with Crippen LogP contribution in [0.1, 0.15) is 36.8 Å². The van der Waals surface area contributed by atoms with E-state index in [-0.39, 0.29) is 0 Å². The molecule has 2 aromatic rings. The Morgan fingerprint density at radius 1 is 1.13 bits per heavy atom. The minimum Gasteiger partial charge on any atom is -0.303 e. The molecule has 120 valence electrons. The number of carbonyl (C=O) groups is 1. The smallest absolute Gasteiger partial charge is 0.119 e. The van der Waals surface area contributed by atoms with Crippen molar-refractivity contribution in [1.29, 1.82) is 0 Å². The van der Waals surface area contributed by atoms with Crippen LogP contribution in [-0.2, 0) is 11.2 Å². The molecule has 0 heterocycles. The Hall–Kier alpha value is -1.54. The highest BCUT2D eigenvalue weighted by Crippen LogP contribution is 2.60. The van der Waals surface area contributed by atoms with Crippen molar-refractivity contribution >= 4 is 18.0 Å². The number of hydrogen-bond donors (Lipinski definition) is 0. The Labute approximate surface area is 143 Å². The van der Waals surface area contributed by atoms with E-state index in [0.29, 0.717) is 11.2 Å². The lowest BCUT2D eigenvalue weighted by Gasteiger charge is -2.18. The van der Waals surface area contributed by atoms with Crippen molar-refractivity contribution < 1.29 is 4.79 Å². The van der Waals surface area contributed by atoms with Gasteiger partial charge in [-0.1, -0.05) is 48.0 Å². The zero-order valence-corrected chi connectivity index (χ0v) is 14.5. The third-order valence-electron chi connectivity index (χ3n) is 4.74. The highest BCUT2D eigenvalue weighted by molar-refractivity contribution is 8.01. The maximum Gasteiger partial charge on any atom is 0.119 e. The Morgan fingerprint density at radius 2 is 1.87 bits per heavy atom. The first kappa shape index (κ1) is 16.3. The summed E-state index contributed by atoms with van der Waals surface area (Å²) in [6.07, 6.45) is 6.34. The van der Waals surface area contributed by atoms with E-state index in [1.54, 1.807) is 0 Å². The molecule has 2 aromatic carbocycles. The van der Waals surface area contributed by atoms with Crippen LogP contribution in [-0.4, -0.2) is 11.0 Å². The molecule has 0 N–H and O–H groups in total. The first-order valence-corrected chi connectivity index (χ1v) is 9.27. The second kappa shape index (κ2) is 7.35. The van der Waals surface area contributed by atoms with Gasteiger partial charge in [0.25, 0.3) is 0 Å². The Morgan fingerprint density at radius 3 is 2.57 bits per heavy atom. The molecule has 1 saturated carbocycles. The highest BCUT2D eigenvalue weighted by atomic mass is 32.2. The van der Waals surface area contributed by atoms with Gasteiger partial charge in [0.05, 0.1) is 0 Å². The van der Waals surface area contributed by atoms with Crippen molar-refractivity contribution in [2.45, 2.75) is 48.7 Å². The summed E-state index contributed by atoms with van der Waals surface area (Å²) in [5, 5.41) is 0. The Bertz CT molecular complexity index is 635. The molecule has 1 aliphatic carbocycles. The van der Waals surface area contributed by atoms with E-state index in [0.717, 1.165) is 25.0 Å². The summed E-state index contributed by atoms with van der Waals surface area (Å²) < 4.78 is 0.319. The maximum atomic E-state index is 10.6. The van der Waals surface area contributed by atoms with E-state index >= 15 is 0 Å². The van der Waals surface area contributed by atoms with Gasteiger partial charge in [-0.25, -0.2) is 0 Å². The zero-order valence-electron chi connectivity index (χ0n) is 13.7. The largest absolute Gasteiger partial charge is 0.303 e. The molecule has 1 fully saturated rings. The third kappa shape index (κ3) is 4.26. The van der Waals surface area contributed by atoms with Crippen molar-refractivity contribution in [2.24, 2.45) is 5.92 Å². The zero-order chi connectivity index (χ0) is 16.1. The Balaban J connectivity index is 1.72. The fraction of sp³-hybridized carbons (Fsp3) is 0.381. The van der Waals surface area contributed by atoms with E-state index in [1.165, 1.54) is 28.9 Å². The predicted octanol–water partition coefficient (Wildman–Crippen LogP) is 5.46. The molecule has 0 spiro atoms. The number of aldehydes is 1. The molecule has 23 heavy (non-hydrogen) atoms. The number of rotatable bonds is 8. The summed E-state index contributed by atoms with van der Waals surface area (Å²) >= 11 is 2.04. The van der Waals surface area contributed by atoms with Crippen LogP contribution in [0, 0.1) is 12.8 Å². The lowest BCUT2D eigenvalue weighted by Crippen LogP contribution is -2.11. The van der Waals surface area contributed by atoms with Gasteiger partial charge < -0.3 is 4.79 Å². The number of aryl methyl sites for hydroxylation is 1. The average Bonchev–Trinajstić information content (AvgIpc) is 3.23. The van der Waals surface area contributed by atoms with E-state index in [4.69, 9.17) is 0 Å². The van der Waals surface area contributed by atoms with Crippen LogP contribution in [0.25, 0.3) is 0 Å². The summed E-state index contributed by atoms with van der Waals surface area (Å²) in [5.41, 5.74) is 2.73. The summed E-state index contributed by atoms with van der Waals surface area (Å²) in [4.78, 5) is 11.9. The van der Waals surface area contributed by atoms with Gasteiger partial charge in [0.2, 0.25) is 0 Å². The molecule has 0 amide bonds. The Kier molecular flexibility index (Phi) is 5.22. The fourth-order valence-corrected chi connectivity index (χ4v) is 4.88. The fourth-order valence-electron chi connectivity index (χ4n) is 3.33. The molecular formula is C21H24OS. The van der Waals surface area contributed by atoms with Crippen LogP contribution in [0.5, 0.6) is 0 Å². The summed E-state index contributed by atoms with van der Waals surface area (Å²) in [6, 6.07) is 19.7. The number of thioether (sulfide) groups is 1. The first-order chi connectivity index (χ1) is 11.2. The molecule has 3 rings (SSSR count). The van der Waals surface area contributed by atoms with Gasteiger partial charge in [-0.2, -0.15) is 0 Å². The topological polar surface area (TPSA) is 17.1 Å². The van der Waals surface area contributed by atoms with Crippen molar-refractivity contribution in [3.8, 4) is 0 Å². The lowest BCUT2D eigenvalue weighted by atomic mass is 10.1. The molecule has 0 unspecified atom stereocenters. The van der Waals surface area contributed by atoms with Crippen molar-refractivity contribution in [2.75, 3.05) is 0 Å². The van der Waals surface area contributed by atoms with Gasteiger partial charge in [0.1, 0.15) is 6.29 Å². The maximum absolute atomic E-state index is 10.6. The van der Waals surface area contributed by atoms with Gasteiger partial charge in [-0.15, -0.1) is 11.8 Å². The first-order valence-electron chi connectivity index (χ1n) is 8.45. The van der Waals surface area contributed by atoms with Gasteiger partial charge in [-0.05, 0) is 56.2 Å². The second-order valence-corrected chi connectivity index (χ2v) is 8.13. The lowest BCUT2D eigenvalue weighted by molar-refractivity contribution is -0.107. The molecular weight excluding hydrogens is 300 g/mol.